The number of aliphatic carboxylic acids is 1. The first-order chi connectivity index (χ1) is 9.58. The monoisotopic (exact) mass is 299 g/mol. The van der Waals surface area contributed by atoms with Crippen molar-refractivity contribution in [2.24, 2.45) is 5.92 Å². The first kappa shape index (κ1) is 15.3. The van der Waals surface area contributed by atoms with Gasteiger partial charge in [-0.25, -0.2) is 0 Å². The summed E-state index contributed by atoms with van der Waals surface area (Å²) in [4.78, 5) is 11.7. The Morgan fingerprint density at radius 3 is 3.10 bits per heavy atom. The molecule has 1 aliphatic rings. The van der Waals surface area contributed by atoms with Crippen molar-refractivity contribution in [1.82, 2.24) is 15.1 Å². The van der Waals surface area contributed by atoms with Crippen LogP contribution in [0.2, 0.25) is 5.02 Å². The van der Waals surface area contributed by atoms with E-state index >= 15 is 0 Å². The van der Waals surface area contributed by atoms with Gasteiger partial charge in [-0.2, -0.15) is 5.10 Å². The molecule has 2 atom stereocenters. The lowest BCUT2D eigenvalue weighted by molar-refractivity contribution is -0.146. The van der Waals surface area contributed by atoms with Crippen molar-refractivity contribution in [2.45, 2.75) is 51.1 Å². The number of aryl methyl sites for hydroxylation is 1. The van der Waals surface area contributed by atoms with Gasteiger partial charge in [0.05, 0.1) is 11.2 Å². The predicted octanol–water partition coefficient (Wildman–Crippen LogP) is 2.55. The molecule has 1 saturated carbocycles. The summed E-state index contributed by atoms with van der Waals surface area (Å²) in [6, 6.07) is 0. The topological polar surface area (TPSA) is 67.2 Å². The van der Waals surface area contributed by atoms with Crippen LogP contribution < -0.4 is 5.32 Å². The second-order valence-corrected chi connectivity index (χ2v) is 5.94. The molecule has 1 aromatic rings. The Bertz CT molecular complexity index is 463. The van der Waals surface area contributed by atoms with Crippen LogP contribution in [0.5, 0.6) is 0 Å². The molecule has 0 aromatic carbocycles. The van der Waals surface area contributed by atoms with E-state index in [2.05, 4.69) is 17.3 Å². The molecule has 1 heterocycles. The molecule has 0 amide bonds. The van der Waals surface area contributed by atoms with E-state index in [1.807, 2.05) is 0 Å². The number of aromatic nitrogens is 2. The number of nitrogens with zero attached hydrogens (tertiary/aromatic N) is 2. The minimum absolute atomic E-state index is 0.148. The van der Waals surface area contributed by atoms with Gasteiger partial charge in [0, 0.05) is 12.7 Å². The van der Waals surface area contributed by atoms with Crippen LogP contribution in [-0.4, -0.2) is 32.9 Å². The second-order valence-electron chi connectivity index (χ2n) is 5.50. The van der Waals surface area contributed by atoms with E-state index in [4.69, 9.17) is 11.6 Å². The average Bonchev–Trinajstić information content (AvgIpc) is 3.01. The van der Waals surface area contributed by atoms with Crippen LogP contribution in [0.1, 0.15) is 39.0 Å². The normalized spacial score (nSPS) is 26.0. The Labute approximate surface area is 124 Å². The maximum absolute atomic E-state index is 11.7. The van der Waals surface area contributed by atoms with Crippen molar-refractivity contribution in [1.29, 1.82) is 0 Å². The summed E-state index contributed by atoms with van der Waals surface area (Å²) in [5, 5.41) is 17.7. The molecule has 1 fully saturated rings. The summed E-state index contributed by atoms with van der Waals surface area (Å²) in [5.41, 5.74) is -0.757. The third-order valence-electron chi connectivity index (χ3n) is 4.20. The van der Waals surface area contributed by atoms with E-state index in [-0.39, 0.29) is 5.92 Å². The van der Waals surface area contributed by atoms with Crippen LogP contribution in [0.15, 0.2) is 12.4 Å². The van der Waals surface area contributed by atoms with Gasteiger partial charge in [-0.3, -0.25) is 9.48 Å². The van der Waals surface area contributed by atoms with Gasteiger partial charge in [0.2, 0.25) is 0 Å². The maximum Gasteiger partial charge on any atom is 0.324 e. The number of carboxylic acids is 1. The number of nitrogens with one attached hydrogen (secondary N) is 1. The van der Waals surface area contributed by atoms with Gasteiger partial charge in [0.15, 0.2) is 0 Å². The molecule has 1 aromatic heterocycles. The Kier molecular flexibility index (Phi) is 5.05. The predicted molar refractivity (Wildman–Crippen MR) is 77.9 cm³/mol. The van der Waals surface area contributed by atoms with Crippen LogP contribution >= 0.6 is 11.6 Å². The quantitative estimate of drug-likeness (QED) is 0.812. The lowest BCUT2D eigenvalue weighted by Gasteiger charge is -2.32. The number of hydrogen-bond donors (Lipinski definition) is 2. The summed E-state index contributed by atoms with van der Waals surface area (Å²) in [5.74, 6) is -0.568. The van der Waals surface area contributed by atoms with E-state index in [0.29, 0.717) is 18.0 Å². The minimum atomic E-state index is -0.757. The van der Waals surface area contributed by atoms with Gasteiger partial charge in [0.1, 0.15) is 5.54 Å². The minimum Gasteiger partial charge on any atom is -0.480 e. The summed E-state index contributed by atoms with van der Waals surface area (Å²) >= 11 is 5.84. The van der Waals surface area contributed by atoms with Gasteiger partial charge >= 0.3 is 5.97 Å². The van der Waals surface area contributed by atoms with E-state index in [9.17, 15) is 9.90 Å². The van der Waals surface area contributed by atoms with Crippen LogP contribution in [0.3, 0.4) is 0 Å². The number of halogens is 1. The Balaban J connectivity index is 2.02. The van der Waals surface area contributed by atoms with Crippen molar-refractivity contribution >= 4 is 17.6 Å². The second kappa shape index (κ2) is 6.59. The van der Waals surface area contributed by atoms with Gasteiger partial charge < -0.3 is 10.4 Å². The smallest absolute Gasteiger partial charge is 0.324 e. The molecule has 2 N–H and O–H groups in total. The van der Waals surface area contributed by atoms with Crippen LogP contribution in [0.4, 0.5) is 0 Å². The van der Waals surface area contributed by atoms with Crippen molar-refractivity contribution < 1.29 is 9.90 Å². The zero-order valence-electron chi connectivity index (χ0n) is 11.8. The maximum atomic E-state index is 11.7. The molecular weight excluding hydrogens is 278 g/mol. The van der Waals surface area contributed by atoms with Crippen LogP contribution in [-0.2, 0) is 11.3 Å². The zero-order chi connectivity index (χ0) is 14.6. The molecule has 2 rings (SSSR count). The molecule has 0 saturated heterocycles. The summed E-state index contributed by atoms with van der Waals surface area (Å²) in [6.45, 7) is 3.51. The van der Waals surface area contributed by atoms with Crippen molar-refractivity contribution in [3.8, 4) is 0 Å². The molecule has 0 aliphatic heterocycles. The Morgan fingerprint density at radius 2 is 2.50 bits per heavy atom. The van der Waals surface area contributed by atoms with Crippen molar-refractivity contribution in [3.63, 3.8) is 0 Å². The fourth-order valence-corrected chi connectivity index (χ4v) is 3.31. The summed E-state index contributed by atoms with van der Waals surface area (Å²) in [7, 11) is 0. The molecule has 6 heteroatoms. The fourth-order valence-electron chi connectivity index (χ4n) is 3.16. The average molecular weight is 300 g/mol. The van der Waals surface area contributed by atoms with E-state index in [1.54, 1.807) is 17.1 Å². The highest BCUT2D eigenvalue weighted by Crippen LogP contribution is 2.38. The lowest BCUT2D eigenvalue weighted by Crippen LogP contribution is -2.55. The van der Waals surface area contributed by atoms with Crippen molar-refractivity contribution in [2.75, 3.05) is 6.54 Å². The highest BCUT2D eigenvalue weighted by Gasteiger charge is 2.48. The van der Waals surface area contributed by atoms with Gasteiger partial charge in [-0.05, 0) is 38.1 Å². The van der Waals surface area contributed by atoms with E-state index in [1.165, 1.54) is 0 Å². The van der Waals surface area contributed by atoms with Gasteiger partial charge in [-0.15, -0.1) is 0 Å². The Hall–Kier alpha value is -1.07. The summed E-state index contributed by atoms with van der Waals surface area (Å²) < 4.78 is 1.78. The zero-order valence-corrected chi connectivity index (χ0v) is 12.6. The van der Waals surface area contributed by atoms with Crippen molar-refractivity contribution in [3.05, 3.63) is 17.4 Å². The summed E-state index contributed by atoms with van der Waals surface area (Å²) in [6.07, 6.45) is 7.77. The highest BCUT2D eigenvalue weighted by atomic mass is 35.5. The largest absolute Gasteiger partial charge is 0.480 e. The highest BCUT2D eigenvalue weighted by molar-refractivity contribution is 6.30. The number of rotatable bonds is 7. The molecular formula is C14H22ClN3O2. The molecule has 112 valence electrons. The first-order valence-electron chi connectivity index (χ1n) is 7.25. The van der Waals surface area contributed by atoms with Crippen LogP contribution in [0.25, 0.3) is 0 Å². The number of carbonyl (C=O) groups is 1. The van der Waals surface area contributed by atoms with E-state index < -0.39 is 11.5 Å². The third-order valence-corrected chi connectivity index (χ3v) is 4.40. The molecule has 0 bridgehead atoms. The molecule has 20 heavy (non-hydrogen) atoms. The molecule has 2 unspecified atom stereocenters. The van der Waals surface area contributed by atoms with Crippen LogP contribution in [0, 0.1) is 5.92 Å². The van der Waals surface area contributed by atoms with Gasteiger partial charge in [0.25, 0.3) is 0 Å². The SMILES string of the molecule is CCCNC1(C(=O)O)CCCC1CCn1cc(Cl)cn1. The van der Waals surface area contributed by atoms with Gasteiger partial charge in [-0.1, -0.05) is 24.9 Å². The fraction of sp³-hybridized carbons (Fsp3) is 0.714. The molecule has 1 aliphatic carbocycles. The molecule has 5 nitrogen and oxygen atoms in total. The molecule has 0 spiro atoms. The number of hydrogen-bond acceptors (Lipinski definition) is 3. The first-order valence-corrected chi connectivity index (χ1v) is 7.62. The lowest BCUT2D eigenvalue weighted by atomic mass is 9.84. The number of carboxylic acid groups (broad SMARTS) is 1. The molecule has 0 radical (unpaired) electrons. The van der Waals surface area contributed by atoms with E-state index in [0.717, 1.165) is 32.2 Å². The third kappa shape index (κ3) is 3.15. The Morgan fingerprint density at radius 1 is 1.70 bits per heavy atom. The standard InChI is InChI=1S/C14H22ClN3O2/c1-2-7-16-14(13(19)20)6-3-4-11(14)5-8-18-10-12(15)9-17-18/h9-11,16H,2-8H2,1H3,(H,19,20).